The molecule has 0 saturated heterocycles. The maximum absolute atomic E-state index is 13.6. The number of carbonyl (C=O) groups excluding carboxylic acids is 4. The largest absolute Gasteiger partial charge is 0.357 e. The SMILES string of the molecule is CNC(=O)C1(NC(=O)C(=O)c2c(C)c(C(=O)Nc3ccc(F)cc3)n3c2C2C4[C@H]2[C@@H]43)CC(F)(F)C1. The van der Waals surface area contributed by atoms with Gasteiger partial charge in [0.15, 0.2) is 0 Å². The van der Waals surface area contributed by atoms with Crippen LogP contribution in [0.4, 0.5) is 18.9 Å². The molecule has 2 aromatic rings. The molecule has 2 aliphatic heterocycles. The Kier molecular flexibility index (Phi) is 4.21. The van der Waals surface area contributed by atoms with Crippen molar-refractivity contribution >= 4 is 29.2 Å². The fraction of sp³-hybridized carbons (Fsp3) is 0.417. The zero-order chi connectivity index (χ0) is 25.0. The molecule has 1 aromatic carbocycles. The molecule has 3 heterocycles. The van der Waals surface area contributed by atoms with Crippen LogP contribution in [0.15, 0.2) is 24.3 Å². The van der Waals surface area contributed by atoms with E-state index < -0.39 is 53.6 Å². The first kappa shape index (κ1) is 21.9. The highest BCUT2D eigenvalue weighted by atomic mass is 19.3. The van der Waals surface area contributed by atoms with Gasteiger partial charge in [-0.25, -0.2) is 13.2 Å². The number of rotatable bonds is 6. The van der Waals surface area contributed by atoms with Gasteiger partial charge in [0, 0.05) is 43.2 Å². The van der Waals surface area contributed by atoms with Crippen LogP contribution in [0.3, 0.4) is 0 Å². The number of hydrogen-bond acceptors (Lipinski definition) is 4. The van der Waals surface area contributed by atoms with Crippen LogP contribution in [0.5, 0.6) is 0 Å². The van der Waals surface area contributed by atoms with Crippen molar-refractivity contribution in [3.05, 3.63) is 52.6 Å². The number of Topliss-reactive ketones (excluding diaryl/α,β-unsaturated/α-hetero) is 1. The summed E-state index contributed by atoms with van der Waals surface area (Å²) in [7, 11) is 1.27. The van der Waals surface area contributed by atoms with Crippen molar-refractivity contribution in [1.29, 1.82) is 0 Å². The lowest BCUT2D eigenvalue weighted by molar-refractivity contribution is -0.164. The molecular weight excluding hydrogens is 465 g/mol. The van der Waals surface area contributed by atoms with Gasteiger partial charge in [0.1, 0.15) is 17.1 Å². The molecule has 11 heteroatoms. The average Bonchev–Trinajstić information content (AvgIpc) is 3.58. The predicted molar refractivity (Wildman–Crippen MR) is 116 cm³/mol. The van der Waals surface area contributed by atoms with E-state index in [1.165, 1.54) is 31.3 Å². The van der Waals surface area contributed by atoms with E-state index in [2.05, 4.69) is 16.0 Å². The lowest BCUT2D eigenvalue weighted by Gasteiger charge is -2.45. The summed E-state index contributed by atoms with van der Waals surface area (Å²) in [5, 5.41) is 7.21. The Morgan fingerprint density at radius 3 is 2.26 bits per heavy atom. The van der Waals surface area contributed by atoms with Gasteiger partial charge in [-0.15, -0.1) is 0 Å². The molecule has 5 aliphatic rings. The Morgan fingerprint density at radius 1 is 1.06 bits per heavy atom. The van der Waals surface area contributed by atoms with Crippen LogP contribution in [-0.2, 0) is 9.59 Å². The van der Waals surface area contributed by atoms with Crippen molar-refractivity contribution < 1.29 is 32.3 Å². The minimum atomic E-state index is -3.12. The number of hydrogen-bond donors (Lipinski definition) is 3. The third-order valence-electron chi connectivity index (χ3n) is 7.77. The summed E-state index contributed by atoms with van der Waals surface area (Å²) in [6.45, 7) is 1.56. The number of anilines is 1. The van der Waals surface area contributed by atoms with Crippen LogP contribution in [0, 0.1) is 24.6 Å². The predicted octanol–water partition coefficient (Wildman–Crippen LogP) is 2.30. The number of alkyl halides is 2. The minimum Gasteiger partial charge on any atom is -0.357 e. The van der Waals surface area contributed by atoms with Crippen LogP contribution < -0.4 is 16.0 Å². The standard InChI is InChI=1S/C24H21F3N4O4/c1-9-12(19(32)21(34)30-23(22(35)28-2)7-24(26,27)8-23)17-13-14-15(13)18(14)31(17)16(9)20(33)29-11-5-3-10(25)4-6-11/h3-6,13-15,18H,7-8H2,1-2H3,(H,28,35)(H,29,33)(H,30,34)/t13?,14-,15?,18-/m0/s1. The van der Waals surface area contributed by atoms with E-state index >= 15 is 0 Å². The van der Waals surface area contributed by atoms with Gasteiger partial charge in [-0.3, -0.25) is 19.2 Å². The van der Waals surface area contributed by atoms with Crippen LogP contribution >= 0.6 is 0 Å². The molecule has 182 valence electrons. The van der Waals surface area contributed by atoms with Gasteiger partial charge < -0.3 is 20.5 Å². The van der Waals surface area contributed by atoms with Crippen molar-refractivity contribution in [3.8, 4) is 0 Å². The van der Waals surface area contributed by atoms with Gasteiger partial charge >= 0.3 is 0 Å². The Bertz CT molecular complexity index is 1330. The Balaban J connectivity index is 1.31. The van der Waals surface area contributed by atoms with Gasteiger partial charge in [0.25, 0.3) is 23.5 Å². The summed E-state index contributed by atoms with van der Waals surface area (Å²) in [6.07, 6.45) is -1.79. The normalized spacial score (nSPS) is 27.1. The second-order valence-corrected chi connectivity index (χ2v) is 9.89. The fourth-order valence-electron chi connectivity index (χ4n) is 6.11. The highest BCUT2D eigenvalue weighted by Gasteiger charge is 2.81. The molecule has 3 amide bonds. The highest BCUT2D eigenvalue weighted by molar-refractivity contribution is 6.44. The van der Waals surface area contributed by atoms with Gasteiger partial charge in [-0.1, -0.05) is 0 Å². The number of halogens is 3. The highest BCUT2D eigenvalue weighted by Crippen LogP contribution is 2.86. The summed E-state index contributed by atoms with van der Waals surface area (Å²) < 4.78 is 42.3. The Hall–Kier alpha value is -3.63. The molecule has 0 spiro atoms. The van der Waals surface area contributed by atoms with E-state index in [9.17, 15) is 32.3 Å². The number of amides is 3. The van der Waals surface area contributed by atoms with Crippen LogP contribution in [-0.4, -0.2) is 46.6 Å². The second kappa shape index (κ2) is 6.73. The molecule has 7 rings (SSSR count). The van der Waals surface area contributed by atoms with Crippen molar-refractivity contribution in [2.24, 2.45) is 11.8 Å². The molecule has 3 fully saturated rings. The fourth-order valence-corrected chi connectivity index (χ4v) is 6.11. The molecule has 2 unspecified atom stereocenters. The molecule has 0 radical (unpaired) electrons. The van der Waals surface area contributed by atoms with Crippen LogP contribution in [0.25, 0.3) is 0 Å². The lowest BCUT2D eigenvalue weighted by Crippen LogP contribution is -2.69. The molecule has 3 aliphatic carbocycles. The summed E-state index contributed by atoms with van der Waals surface area (Å²) >= 11 is 0. The number of nitrogens with zero attached hydrogens (tertiary/aromatic N) is 1. The molecule has 3 saturated carbocycles. The first-order chi connectivity index (χ1) is 16.5. The number of likely N-dealkylation sites (N-methyl/N-ethyl adjacent to an activating group) is 1. The van der Waals surface area contributed by atoms with Crippen LogP contribution in [0.2, 0.25) is 0 Å². The Morgan fingerprint density at radius 2 is 1.69 bits per heavy atom. The first-order valence-electron chi connectivity index (χ1n) is 11.3. The molecule has 4 atom stereocenters. The zero-order valence-corrected chi connectivity index (χ0v) is 18.7. The average molecular weight is 486 g/mol. The summed E-state index contributed by atoms with van der Waals surface area (Å²) in [5.41, 5.74) is -0.246. The minimum absolute atomic E-state index is 0.0822. The van der Waals surface area contributed by atoms with E-state index in [0.717, 1.165) is 0 Å². The van der Waals surface area contributed by atoms with Gasteiger partial charge in [0.05, 0.1) is 5.56 Å². The molecule has 8 nitrogen and oxygen atoms in total. The number of benzene rings is 1. The quantitative estimate of drug-likeness (QED) is 0.430. The maximum Gasteiger partial charge on any atom is 0.293 e. The Labute approximate surface area is 197 Å². The van der Waals surface area contributed by atoms with E-state index in [1.54, 1.807) is 11.5 Å². The number of carbonyl (C=O) groups is 4. The molecule has 35 heavy (non-hydrogen) atoms. The first-order valence-corrected chi connectivity index (χ1v) is 11.3. The summed E-state index contributed by atoms with van der Waals surface area (Å²) in [4.78, 5) is 51.7. The van der Waals surface area contributed by atoms with E-state index in [-0.39, 0.29) is 23.2 Å². The van der Waals surface area contributed by atoms with E-state index in [0.29, 0.717) is 28.8 Å². The maximum atomic E-state index is 13.6. The third-order valence-corrected chi connectivity index (χ3v) is 7.77. The smallest absolute Gasteiger partial charge is 0.293 e. The lowest BCUT2D eigenvalue weighted by atomic mass is 9.72. The van der Waals surface area contributed by atoms with Crippen molar-refractivity contribution in [2.75, 3.05) is 12.4 Å². The van der Waals surface area contributed by atoms with Gasteiger partial charge in [-0.05, 0) is 48.6 Å². The van der Waals surface area contributed by atoms with Gasteiger partial charge in [-0.2, -0.15) is 0 Å². The number of aromatic nitrogens is 1. The second-order valence-electron chi connectivity index (χ2n) is 9.89. The molecular formula is C24H21F3N4O4. The van der Waals surface area contributed by atoms with Gasteiger partial charge in [0.2, 0.25) is 5.91 Å². The molecule has 1 aromatic heterocycles. The number of nitrogens with one attached hydrogen (secondary N) is 3. The van der Waals surface area contributed by atoms with E-state index in [1.807, 2.05) is 0 Å². The van der Waals surface area contributed by atoms with E-state index in [4.69, 9.17) is 0 Å². The monoisotopic (exact) mass is 486 g/mol. The zero-order valence-electron chi connectivity index (χ0n) is 18.7. The van der Waals surface area contributed by atoms with Crippen molar-refractivity contribution in [3.63, 3.8) is 0 Å². The number of ketones is 1. The van der Waals surface area contributed by atoms with Crippen molar-refractivity contribution in [1.82, 2.24) is 15.2 Å². The summed E-state index contributed by atoms with van der Waals surface area (Å²) in [6, 6.07) is 5.33. The van der Waals surface area contributed by atoms with Crippen LogP contribution in [0.1, 0.15) is 56.9 Å². The molecule has 3 N–H and O–H groups in total. The topological polar surface area (TPSA) is 109 Å². The third kappa shape index (κ3) is 2.93. The summed E-state index contributed by atoms with van der Waals surface area (Å²) in [5.74, 6) is -6.24. The molecule has 2 bridgehead atoms. The van der Waals surface area contributed by atoms with Crippen molar-refractivity contribution in [2.45, 2.75) is 43.2 Å².